The summed E-state index contributed by atoms with van der Waals surface area (Å²) >= 11 is 4.30. The first-order chi connectivity index (χ1) is 18.4. The third-order valence-electron chi connectivity index (χ3n) is 5.37. The van der Waals surface area contributed by atoms with Crippen molar-refractivity contribution in [2.75, 3.05) is 18.5 Å². The lowest BCUT2D eigenvalue weighted by molar-refractivity contribution is -0.123. The number of hydrogen-bond acceptors (Lipinski definition) is 7. The Morgan fingerprint density at radius 3 is 2.58 bits per heavy atom. The van der Waals surface area contributed by atoms with Crippen LogP contribution < -0.4 is 14.8 Å². The minimum Gasteiger partial charge on any atom is -0.490 e. The number of ether oxygens (including phenoxy) is 2. The van der Waals surface area contributed by atoms with E-state index >= 15 is 0 Å². The van der Waals surface area contributed by atoms with Gasteiger partial charge in [0, 0.05) is 5.69 Å². The van der Waals surface area contributed by atoms with Gasteiger partial charge in [0.2, 0.25) is 0 Å². The Bertz CT molecular complexity index is 1450. The first-order valence-corrected chi connectivity index (χ1v) is 13.2. The first-order valence-electron chi connectivity index (χ1n) is 11.6. The zero-order chi connectivity index (χ0) is 27.1. The van der Waals surface area contributed by atoms with Gasteiger partial charge in [-0.15, -0.1) is 0 Å². The van der Waals surface area contributed by atoms with Gasteiger partial charge in [-0.2, -0.15) is 5.26 Å². The van der Waals surface area contributed by atoms with Gasteiger partial charge < -0.3 is 14.8 Å². The van der Waals surface area contributed by atoms with Crippen molar-refractivity contribution in [2.24, 2.45) is 0 Å². The van der Waals surface area contributed by atoms with Crippen molar-refractivity contribution in [1.29, 1.82) is 5.26 Å². The monoisotopic (exact) mass is 591 g/mol. The van der Waals surface area contributed by atoms with Crippen LogP contribution in [0.5, 0.6) is 11.5 Å². The van der Waals surface area contributed by atoms with Crippen LogP contribution in [0, 0.1) is 11.3 Å². The highest BCUT2D eigenvalue weighted by molar-refractivity contribution is 9.10. The minimum atomic E-state index is -0.445. The number of halogens is 1. The maximum atomic E-state index is 13.0. The molecule has 3 amide bonds. The standard InChI is InChI=1S/C28H22BrN3O5S/c1-2-36-23-13-18(12-22(29)26(23)37-17-25(33)31-21-10-4-3-5-11-21)14-24-27(34)32(28(35)38-24)16-20-9-7-6-8-19(20)15-30/h3-14H,2,16-17H2,1H3,(H,31,33)/b24-14+. The fourth-order valence-electron chi connectivity index (χ4n) is 3.66. The Morgan fingerprint density at radius 2 is 1.84 bits per heavy atom. The van der Waals surface area contributed by atoms with E-state index in [2.05, 4.69) is 27.3 Å². The van der Waals surface area contributed by atoms with Gasteiger partial charge in [0.25, 0.3) is 17.1 Å². The van der Waals surface area contributed by atoms with Gasteiger partial charge in [0.15, 0.2) is 18.1 Å². The molecule has 10 heteroatoms. The molecule has 3 aromatic carbocycles. The molecule has 0 aromatic heterocycles. The SMILES string of the molecule is CCOc1cc(/C=C2/SC(=O)N(Cc3ccccc3C#N)C2=O)cc(Br)c1OCC(=O)Nc1ccccc1. The molecule has 1 saturated heterocycles. The predicted octanol–water partition coefficient (Wildman–Crippen LogP) is 5.97. The molecular formula is C28H22BrN3O5S. The third-order valence-corrected chi connectivity index (χ3v) is 6.87. The lowest BCUT2D eigenvalue weighted by Crippen LogP contribution is -2.27. The van der Waals surface area contributed by atoms with E-state index in [1.54, 1.807) is 54.6 Å². The molecule has 4 rings (SSSR count). The number of thioether (sulfide) groups is 1. The van der Waals surface area contributed by atoms with Crippen LogP contribution in [-0.2, 0) is 16.1 Å². The van der Waals surface area contributed by atoms with Crippen molar-refractivity contribution in [2.45, 2.75) is 13.5 Å². The second-order valence-electron chi connectivity index (χ2n) is 8.00. The highest BCUT2D eigenvalue weighted by atomic mass is 79.9. The maximum Gasteiger partial charge on any atom is 0.293 e. The van der Waals surface area contributed by atoms with Crippen LogP contribution in [0.25, 0.3) is 6.08 Å². The molecule has 38 heavy (non-hydrogen) atoms. The molecule has 1 heterocycles. The molecule has 3 aromatic rings. The number of anilines is 1. The number of hydrogen-bond donors (Lipinski definition) is 1. The van der Waals surface area contributed by atoms with E-state index in [1.165, 1.54) is 0 Å². The van der Waals surface area contributed by atoms with Gasteiger partial charge in [-0.3, -0.25) is 19.3 Å². The number of carbonyl (C=O) groups is 3. The zero-order valence-electron chi connectivity index (χ0n) is 20.3. The topological polar surface area (TPSA) is 109 Å². The highest BCUT2D eigenvalue weighted by Crippen LogP contribution is 2.39. The summed E-state index contributed by atoms with van der Waals surface area (Å²) in [5.74, 6) is -0.0581. The number of carbonyl (C=O) groups excluding carboxylic acids is 3. The van der Waals surface area contributed by atoms with Crippen LogP contribution in [0.3, 0.4) is 0 Å². The molecule has 0 bridgehead atoms. The van der Waals surface area contributed by atoms with E-state index < -0.39 is 11.1 Å². The number of nitrogens with zero attached hydrogens (tertiary/aromatic N) is 2. The van der Waals surface area contributed by atoms with Gasteiger partial charge in [0.05, 0.1) is 34.2 Å². The van der Waals surface area contributed by atoms with Crippen molar-refractivity contribution >= 4 is 56.5 Å². The number of rotatable bonds is 9. The Hall–Kier alpha value is -4.07. The predicted molar refractivity (Wildman–Crippen MR) is 149 cm³/mol. The summed E-state index contributed by atoms with van der Waals surface area (Å²) in [5, 5.41) is 11.7. The number of benzene rings is 3. The summed E-state index contributed by atoms with van der Waals surface area (Å²) in [6, 6.07) is 21.4. The maximum absolute atomic E-state index is 13.0. The Kier molecular flexibility index (Phi) is 8.84. The second-order valence-corrected chi connectivity index (χ2v) is 9.85. The minimum absolute atomic E-state index is 0.0114. The average Bonchev–Trinajstić information content (AvgIpc) is 3.16. The molecule has 1 aliphatic rings. The molecule has 0 saturated carbocycles. The quantitative estimate of drug-likeness (QED) is 0.305. The van der Waals surface area contributed by atoms with Crippen molar-refractivity contribution < 1.29 is 23.9 Å². The van der Waals surface area contributed by atoms with E-state index in [9.17, 15) is 19.6 Å². The normalized spacial score (nSPS) is 13.9. The number of amides is 3. The van der Waals surface area contributed by atoms with Crippen LogP contribution in [0.4, 0.5) is 10.5 Å². The number of para-hydroxylation sites is 1. The van der Waals surface area contributed by atoms with E-state index in [4.69, 9.17) is 9.47 Å². The fourth-order valence-corrected chi connectivity index (χ4v) is 5.07. The van der Waals surface area contributed by atoms with Crippen molar-refractivity contribution in [3.8, 4) is 17.6 Å². The molecule has 8 nitrogen and oxygen atoms in total. The molecular weight excluding hydrogens is 570 g/mol. The summed E-state index contributed by atoms with van der Waals surface area (Å²) < 4.78 is 12.0. The molecule has 1 fully saturated rings. The van der Waals surface area contributed by atoms with Gasteiger partial charge in [0.1, 0.15) is 0 Å². The van der Waals surface area contributed by atoms with E-state index in [1.807, 2.05) is 25.1 Å². The van der Waals surface area contributed by atoms with E-state index in [-0.39, 0.29) is 24.0 Å². The summed E-state index contributed by atoms with van der Waals surface area (Å²) in [4.78, 5) is 39.3. The second kappa shape index (κ2) is 12.4. The zero-order valence-corrected chi connectivity index (χ0v) is 22.7. The summed E-state index contributed by atoms with van der Waals surface area (Å²) in [7, 11) is 0. The Morgan fingerprint density at radius 1 is 1.11 bits per heavy atom. The van der Waals surface area contributed by atoms with Gasteiger partial charge in [-0.25, -0.2) is 0 Å². The van der Waals surface area contributed by atoms with Gasteiger partial charge >= 0.3 is 0 Å². The molecule has 1 N–H and O–H groups in total. The average molecular weight is 592 g/mol. The summed E-state index contributed by atoms with van der Waals surface area (Å²) in [6.07, 6.45) is 1.60. The largest absolute Gasteiger partial charge is 0.490 e. The summed E-state index contributed by atoms with van der Waals surface area (Å²) in [6.45, 7) is 1.93. The number of nitrogens with one attached hydrogen (secondary N) is 1. The molecule has 0 radical (unpaired) electrons. The van der Waals surface area contributed by atoms with Crippen LogP contribution >= 0.6 is 27.7 Å². The smallest absolute Gasteiger partial charge is 0.293 e. The van der Waals surface area contributed by atoms with Crippen molar-refractivity contribution in [3.05, 3.63) is 92.8 Å². The van der Waals surface area contributed by atoms with Crippen LogP contribution in [0.15, 0.2) is 76.1 Å². The Balaban J connectivity index is 1.51. The third kappa shape index (κ3) is 6.43. The molecule has 192 valence electrons. The molecule has 1 aliphatic heterocycles. The first kappa shape index (κ1) is 27.0. The van der Waals surface area contributed by atoms with Crippen LogP contribution in [-0.4, -0.2) is 35.2 Å². The lowest BCUT2D eigenvalue weighted by atomic mass is 10.1. The van der Waals surface area contributed by atoms with Crippen LogP contribution in [0.1, 0.15) is 23.6 Å². The van der Waals surface area contributed by atoms with E-state index in [0.29, 0.717) is 45.0 Å². The highest BCUT2D eigenvalue weighted by Gasteiger charge is 2.35. The van der Waals surface area contributed by atoms with Crippen molar-refractivity contribution in [1.82, 2.24) is 4.90 Å². The Labute approximate surface area is 232 Å². The number of nitriles is 1. The molecule has 0 aliphatic carbocycles. The fraction of sp³-hybridized carbons (Fsp3) is 0.143. The number of imide groups is 1. The van der Waals surface area contributed by atoms with E-state index in [0.717, 1.165) is 16.7 Å². The molecule has 0 spiro atoms. The van der Waals surface area contributed by atoms with Gasteiger partial charge in [-0.1, -0.05) is 36.4 Å². The van der Waals surface area contributed by atoms with Gasteiger partial charge in [-0.05, 0) is 82.2 Å². The molecule has 0 unspecified atom stereocenters. The van der Waals surface area contributed by atoms with Crippen LogP contribution in [0.2, 0.25) is 0 Å². The summed E-state index contributed by atoms with van der Waals surface area (Å²) in [5.41, 5.74) is 2.27. The lowest BCUT2D eigenvalue weighted by Gasteiger charge is -2.15. The molecule has 0 atom stereocenters. The van der Waals surface area contributed by atoms with Crippen molar-refractivity contribution in [3.63, 3.8) is 0 Å².